The molecule has 154 valence electrons. The number of aromatic carboxylic acids is 1. The molecule has 1 atom stereocenters. The lowest BCUT2D eigenvalue weighted by Gasteiger charge is -2.42. The normalized spacial score (nSPS) is 17.9. The Bertz CT molecular complexity index is 981. The van der Waals surface area contributed by atoms with Gasteiger partial charge in [-0.2, -0.15) is 0 Å². The molecule has 0 bridgehead atoms. The molecule has 3 N–H and O–H groups in total. The molecule has 1 aliphatic rings. The third kappa shape index (κ3) is 4.03. The Balaban J connectivity index is 1.86. The summed E-state index contributed by atoms with van der Waals surface area (Å²) >= 11 is 0. The standard InChI is InChI=1S/C23H26FNO4/c1-22(2)9-10-23(3,4)16-11-13(5-7-15(16)22)19(26)20(27)25-18-8-6-14(21(28)29)12-17(18)24/h5-8,11-12,19,26H,9-10H2,1-4H3,(H,25,27)(H,28,29). The highest BCUT2D eigenvalue weighted by Crippen LogP contribution is 2.46. The molecule has 0 radical (unpaired) electrons. The first-order valence-electron chi connectivity index (χ1n) is 9.59. The zero-order valence-corrected chi connectivity index (χ0v) is 17.0. The highest BCUT2D eigenvalue weighted by molar-refractivity contribution is 5.95. The summed E-state index contributed by atoms with van der Waals surface area (Å²) in [6.45, 7) is 8.67. The third-order valence-electron chi connectivity index (χ3n) is 5.91. The van der Waals surface area contributed by atoms with E-state index >= 15 is 0 Å². The number of carboxylic acid groups (broad SMARTS) is 1. The summed E-state index contributed by atoms with van der Waals surface area (Å²) in [6, 6.07) is 8.75. The Labute approximate surface area is 169 Å². The van der Waals surface area contributed by atoms with Gasteiger partial charge in [0, 0.05) is 0 Å². The van der Waals surface area contributed by atoms with Crippen molar-refractivity contribution in [3.8, 4) is 0 Å². The molecule has 29 heavy (non-hydrogen) atoms. The molecule has 0 aromatic heterocycles. The second-order valence-corrected chi connectivity index (χ2v) is 8.96. The number of amides is 1. The van der Waals surface area contributed by atoms with Crippen molar-refractivity contribution in [1.82, 2.24) is 0 Å². The van der Waals surface area contributed by atoms with E-state index in [4.69, 9.17) is 5.11 Å². The van der Waals surface area contributed by atoms with Gasteiger partial charge in [0.2, 0.25) is 0 Å². The molecule has 0 spiro atoms. The lowest BCUT2D eigenvalue weighted by Crippen LogP contribution is -2.34. The number of aliphatic hydroxyl groups excluding tert-OH is 1. The summed E-state index contributed by atoms with van der Waals surface area (Å²) in [5.74, 6) is -2.92. The van der Waals surface area contributed by atoms with E-state index in [9.17, 15) is 19.1 Å². The molecule has 0 fully saturated rings. The molecule has 2 aromatic rings. The van der Waals surface area contributed by atoms with Gasteiger partial charge in [0.1, 0.15) is 5.82 Å². The monoisotopic (exact) mass is 399 g/mol. The van der Waals surface area contributed by atoms with Crippen LogP contribution in [0.25, 0.3) is 0 Å². The zero-order chi connectivity index (χ0) is 21.6. The summed E-state index contributed by atoms with van der Waals surface area (Å²) in [5.41, 5.74) is 2.30. The van der Waals surface area contributed by atoms with Gasteiger partial charge in [-0.05, 0) is 58.6 Å². The van der Waals surface area contributed by atoms with Crippen molar-refractivity contribution >= 4 is 17.6 Å². The molecule has 3 rings (SSSR count). The maximum absolute atomic E-state index is 14.1. The SMILES string of the molecule is CC1(C)CCC(C)(C)c2cc(C(O)C(=O)Nc3ccc(C(=O)O)cc3F)ccc21. The van der Waals surface area contributed by atoms with E-state index in [1.54, 1.807) is 6.07 Å². The number of aliphatic hydroxyl groups is 1. The van der Waals surface area contributed by atoms with Gasteiger partial charge in [-0.1, -0.05) is 45.9 Å². The second kappa shape index (κ2) is 7.26. The van der Waals surface area contributed by atoms with E-state index in [-0.39, 0.29) is 22.1 Å². The molecule has 0 aliphatic heterocycles. The Hall–Kier alpha value is -2.73. The van der Waals surface area contributed by atoms with Gasteiger partial charge in [-0.25, -0.2) is 9.18 Å². The number of anilines is 1. The highest BCUT2D eigenvalue weighted by atomic mass is 19.1. The smallest absolute Gasteiger partial charge is 0.335 e. The maximum atomic E-state index is 14.1. The lowest BCUT2D eigenvalue weighted by molar-refractivity contribution is -0.124. The van der Waals surface area contributed by atoms with Crippen molar-refractivity contribution in [1.29, 1.82) is 0 Å². The first-order valence-corrected chi connectivity index (χ1v) is 9.59. The third-order valence-corrected chi connectivity index (χ3v) is 5.91. The van der Waals surface area contributed by atoms with Crippen LogP contribution in [0.5, 0.6) is 0 Å². The summed E-state index contributed by atoms with van der Waals surface area (Å²) in [4.78, 5) is 23.4. The Morgan fingerprint density at radius 2 is 1.62 bits per heavy atom. The van der Waals surface area contributed by atoms with Crippen molar-refractivity contribution in [2.45, 2.75) is 57.5 Å². The van der Waals surface area contributed by atoms with Crippen LogP contribution in [0.3, 0.4) is 0 Å². The first-order chi connectivity index (χ1) is 13.4. The first kappa shape index (κ1) is 21.0. The number of fused-ring (bicyclic) bond motifs is 1. The zero-order valence-electron chi connectivity index (χ0n) is 17.0. The maximum Gasteiger partial charge on any atom is 0.335 e. The molecular formula is C23H26FNO4. The van der Waals surface area contributed by atoms with Gasteiger partial charge in [0.25, 0.3) is 5.91 Å². The molecule has 6 heteroatoms. The quantitative estimate of drug-likeness (QED) is 0.704. The number of carbonyl (C=O) groups excluding carboxylic acids is 1. The lowest BCUT2D eigenvalue weighted by atomic mass is 9.63. The van der Waals surface area contributed by atoms with E-state index in [1.165, 1.54) is 17.7 Å². The summed E-state index contributed by atoms with van der Waals surface area (Å²) in [7, 11) is 0. The topological polar surface area (TPSA) is 86.6 Å². The van der Waals surface area contributed by atoms with Crippen molar-refractivity contribution in [2.75, 3.05) is 5.32 Å². The Morgan fingerprint density at radius 1 is 1.00 bits per heavy atom. The van der Waals surface area contributed by atoms with Crippen molar-refractivity contribution in [3.05, 3.63) is 64.5 Å². The molecule has 5 nitrogen and oxygen atoms in total. The van der Waals surface area contributed by atoms with E-state index in [1.807, 2.05) is 12.1 Å². The van der Waals surface area contributed by atoms with Gasteiger partial charge >= 0.3 is 5.97 Å². The second-order valence-electron chi connectivity index (χ2n) is 8.96. The van der Waals surface area contributed by atoms with Gasteiger partial charge in [0.05, 0.1) is 11.3 Å². The van der Waals surface area contributed by atoms with Crippen molar-refractivity contribution < 1.29 is 24.2 Å². The van der Waals surface area contributed by atoms with Crippen LogP contribution < -0.4 is 5.32 Å². The van der Waals surface area contributed by atoms with Gasteiger partial charge in [0.15, 0.2) is 6.10 Å². The molecule has 0 saturated carbocycles. The summed E-state index contributed by atoms with van der Waals surface area (Å²) < 4.78 is 14.1. The average molecular weight is 399 g/mol. The number of hydrogen-bond acceptors (Lipinski definition) is 3. The van der Waals surface area contributed by atoms with Crippen molar-refractivity contribution in [2.24, 2.45) is 0 Å². The predicted octanol–water partition coefficient (Wildman–Crippen LogP) is 4.55. The van der Waals surface area contributed by atoms with Crippen LogP contribution >= 0.6 is 0 Å². The minimum Gasteiger partial charge on any atom is -0.478 e. The number of benzene rings is 2. The molecule has 1 unspecified atom stereocenters. The fourth-order valence-corrected chi connectivity index (χ4v) is 3.88. The fraction of sp³-hybridized carbons (Fsp3) is 0.391. The average Bonchev–Trinajstić information content (AvgIpc) is 2.66. The van der Waals surface area contributed by atoms with Crippen LogP contribution in [-0.2, 0) is 15.6 Å². The van der Waals surface area contributed by atoms with E-state index in [2.05, 4.69) is 33.0 Å². The summed E-state index contributed by atoms with van der Waals surface area (Å²) in [6.07, 6.45) is 0.584. The molecule has 1 amide bonds. The largest absolute Gasteiger partial charge is 0.478 e. The van der Waals surface area contributed by atoms with Crippen LogP contribution in [0.2, 0.25) is 0 Å². The van der Waals surface area contributed by atoms with E-state index < -0.39 is 23.8 Å². The minimum absolute atomic E-state index is 0.0195. The molecule has 1 aliphatic carbocycles. The van der Waals surface area contributed by atoms with Crippen LogP contribution in [0.4, 0.5) is 10.1 Å². The van der Waals surface area contributed by atoms with Gasteiger partial charge in [-0.3, -0.25) is 4.79 Å². The number of halogens is 1. The predicted molar refractivity (Wildman–Crippen MR) is 109 cm³/mol. The Morgan fingerprint density at radius 3 is 2.21 bits per heavy atom. The molecule has 0 heterocycles. The van der Waals surface area contributed by atoms with Crippen LogP contribution in [0, 0.1) is 5.82 Å². The number of nitrogens with one attached hydrogen (secondary N) is 1. The Kier molecular flexibility index (Phi) is 5.26. The molecule has 2 aromatic carbocycles. The number of hydrogen-bond donors (Lipinski definition) is 3. The number of carbonyl (C=O) groups is 2. The highest BCUT2D eigenvalue weighted by Gasteiger charge is 2.37. The fourth-order valence-electron chi connectivity index (χ4n) is 3.88. The number of rotatable bonds is 4. The molecular weight excluding hydrogens is 373 g/mol. The van der Waals surface area contributed by atoms with Crippen molar-refractivity contribution in [3.63, 3.8) is 0 Å². The summed E-state index contributed by atoms with van der Waals surface area (Å²) in [5, 5.41) is 21.8. The van der Waals surface area contributed by atoms with E-state index in [0.717, 1.165) is 24.5 Å². The van der Waals surface area contributed by atoms with Gasteiger partial charge < -0.3 is 15.5 Å². The van der Waals surface area contributed by atoms with Crippen LogP contribution in [0.15, 0.2) is 36.4 Å². The molecule has 0 saturated heterocycles. The van der Waals surface area contributed by atoms with Crippen LogP contribution in [0.1, 0.15) is 73.7 Å². The van der Waals surface area contributed by atoms with Gasteiger partial charge in [-0.15, -0.1) is 0 Å². The number of carboxylic acids is 1. The van der Waals surface area contributed by atoms with Crippen LogP contribution in [-0.4, -0.2) is 22.1 Å². The minimum atomic E-state index is -1.47. The van der Waals surface area contributed by atoms with E-state index in [0.29, 0.717) is 5.56 Å².